The Labute approximate surface area is 133 Å². The molecule has 1 amide bonds. The molecule has 1 aromatic carbocycles. The lowest BCUT2D eigenvalue weighted by Crippen LogP contribution is -2.47. The van der Waals surface area contributed by atoms with E-state index in [-0.39, 0.29) is 5.91 Å². The molecule has 0 radical (unpaired) electrons. The molecule has 1 aliphatic heterocycles. The van der Waals surface area contributed by atoms with Crippen molar-refractivity contribution < 1.29 is 9.53 Å². The van der Waals surface area contributed by atoms with Crippen molar-refractivity contribution >= 4 is 17.3 Å². The van der Waals surface area contributed by atoms with Gasteiger partial charge in [-0.05, 0) is 38.8 Å². The molecule has 0 unspecified atom stereocenters. The van der Waals surface area contributed by atoms with Gasteiger partial charge in [-0.1, -0.05) is 6.42 Å². The number of nitrogens with zero attached hydrogens (tertiary/aromatic N) is 1. The first kappa shape index (κ1) is 16.6. The van der Waals surface area contributed by atoms with Crippen molar-refractivity contribution in [2.45, 2.75) is 45.2 Å². The molecule has 0 spiro atoms. The van der Waals surface area contributed by atoms with Crippen molar-refractivity contribution in [1.29, 1.82) is 0 Å². The predicted octanol–water partition coefficient (Wildman–Crippen LogP) is 2.94. The molecule has 1 fully saturated rings. The number of hydrogen-bond donors (Lipinski definition) is 2. The van der Waals surface area contributed by atoms with Gasteiger partial charge in [0, 0.05) is 30.9 Å². The van der Waals surface area contributed by atoms with Gasteiger partial charge < -0.3 is 15.4 Å². The fourth-order valence-corrected chi connectivity index (χ4v) is 3.13. The van der Waals surface area contributed by atoms with E-state index >= 15 is 0 Å². The number of hydrogen-bond acceptors (Lipinski definition) is 4. The van der Waals surface area contributed by atoms with Gasteiger partial charge in [0.1, 0.15) is 5.75 Å². The summed E-state index contributed by atoms with van der Waals surface area (Å²) in [6.45, 7) is 4.85. The maximum Gasteiger partial charge on any atom is 0.238 e. The molecule has 122 valence electrons. The minimum absolute atomic E-state index is 0.0276. The van der Waals surface area contributed by atoms with E-state index in [1.54, 1.807) is 7.11 Å². The Bertz CT molecular complexity index is 509. The van der Waals surface area contributed by atoms with Gasteiger partial charge in [0.05, 0.1) is 19.3 Å². The van der Waals surface area contributed by atoms with E-state index in [0.29, 0.717) is 18.6 Å². The third-order valence-corrected chi connectivity index (χ3v) is 4.46. The zero-order valence-corrected chi connectivity index (χ0v) is 14.0. The van der Waals surface area contributed by atoms with Crippen LogP contribution in [-0.2, 0) is 4.79 Å². The highest BCUT2D eigenvalue weighted by atomic mass is 16.5. The summed E-state index contributed by atoms with van der Waals surface area (Å²) in [5.41, 5.74) is 1.66. The molecule has 5 nitrogen and oxygen atoms in total. The zero-order chi connectivity index (χ0) is 16.1. The zero-order valence-electron chi connectivity index (χ0n) is 14.0. The minimum Gasteiger partial charge on any atom is -0.495 e. The van der Waals surface area contributed by atoms with E-state index < -0.39 is 0 Å². The summed E-state index contributed by atoms with van der Waals surface area (Å²) >= 11 is 0. The number of nitrogens with one attached hydrogen (secondary N) is 2. The van der Waals surface area contributed by atoms with Gasteiger partial charge in [-0.15, -0.1) is 0 Å². The molecule has 1 aromatic rings. The molecule has 0 bridgehead atoms. The van der Waals surface area contributed by atoms with Crippen LogP contribution in [0.15, 0.2) is 18.2 Å². The molecule has 1 heterocycles. The number of benzene rings is 1. The summed E-state index contributed by atoms with van der Waals surface area (Å²) in [5.74, 6) is 0.750. The number of piperidine rings is 1. The fourth-order valence-electron chi connectivity index (χ4n) is 3.13. The first-order chi connectivity index (χ1) is 10.5. The third-order valence-electron chi connectivity index (χ3n) is 4.46. The average Bonchev–Trinajstić information content (AvgIpc) is 2.51. The molecule has 1 aliphatic rings. The first-order valence-corrected chi connectivity index (χ1v) is 7.96. The number of anilines is 2. The first-order valence-electron chi connectivity index (χ1n) is 7.96. The molecule has 0 saturated carbocycles. The molecule has 2 N–H and O–H groups in total. The van der Waals surface area contributed by atoms with E-state index in [1.807, 2.05) is 25.2 Å². The number of ether oxygens (including phenoxy) is 1. The molecule has 5 heteroatoms. The van der Waals surface area contributed by atoms with E-state index in [1.165, 1.54) is 19.3 Å². The van der Waals surface area contributed by atoms with Gasteiger partial charge in [-0.25, -0.2) is 0 Å². The summed E-state index contributed by atoms with van der Waals surface area (Å²) in [6, 6.07) is 6.56. The maximum absolute atomic E-state index is 12.3. The van der Waals surface area contributed by atoms with Crippen LogP contribution in [0, 0.1) is 0 Å². The van der Waals surface area contributed by atoms with Crippen LogP contribution < -0.4 is 15.4 Å². The molecular weight excluding hydrogens is 278 g/mol. The summed E-state index contributed by atoms with van der Waals surface area (Å²) < 4.78 is 5.32. The molecule has 2 rings (SSSR count). The largest absolute Gasteiger partial charge is 0.495 e. The molecule has 1 saturated heterocycles. The lowest BCUT2D eigenvalue weighted by molar-refractivity contribution is -0.118. The standard InChI is InChI=1S/C17H27N3O2/c1-12-6-5-7-13(2)20(12)11-17(21)19-14-8-9-15(18-3)16(10-14)22-4/h8-10,12-13,18H,5-7,11H2,1-4H3,(H,19,21)/t12-,13+. The fraction of sp³-hybridized carbons (Fsp3) is 0.588. The van der Waals surface area contributed by atoms with Gasteiger partial charge in [-0.2, -0.15) is 0 Å². The highest BCUT2D eigenvalue weighted by Crippen LogP contribution is 2.27. The number of likely N-dealkylation sites (tertiary alicyclic amines) is 1. The van der Waals surface area contributed by atoms with Crippen LogP contribution in [0.1, 0.15) is 33.1 Å². The second-order valence-electron chi connectivity index (χ2n) is 6.01. The van der Waals surface area contributed by atoms with Crippen LogP contribution in [0.25, 0.3) is 0 Å². The number of amides is 1. The van der Waals surface area contributed by atoms with Crippen LogP contribution in [0.3, 0.4) is 0 Å². The SMILES string of the molecule is CNc1ccc(NC(=O)CN2[C@H](C)CCC[C@@H]2C)cc1OC. The lowest BCUT2D eigenvalue weighted by atomic mass is 9.97. The Kier molecular flexibility index (Phi) is 5.66. The average molecular weight is 305 g/mol. The number of carbonyl (C=O) groups is 1. The summed E-state index contributed by atoms with van der Waals surface area (Å²) in [7, 11) is 3.47. The Morgan fingerprint density at radius 3 is 2.59 bits per heavy atom. The van der Waals surface area contributed by atoms with Crippen LogP contribution >= 0.6 is 0 Å². The van der Waals surface area contributed by atoms with Crippen molar-refractivity contribution in [2.75, 3.05) is 31.3 Å². The lowest BCUT2D eigenvalue weighted by Gasteiger charge is -2.38. The number of methoxy groups -OCH3 is 1. The van der Waals surface area contributed by atoms with Crippen LogP contribution in [0.4, 0.5) is 11.4 Å². The Hall–Kier alpha value is -1.75. The number of carbonyl (C=O) groups excluding carboxylic acids is 1. The van der Waals surface area contributed by atoms with Gasteiger partial charge >= 0.3 is 0 Å². The Morgan fingerprint density at radius 2 is 2.00 bits per heavy atom. The van der Waals surface area contributed by atoms with Gasteiger partial charge in [0.15, 0.2) is 0 Å². The molecule has 2 atom stereocenters. The highest BCUT2D eigenvalue weighted by Gasteiger charge is 2.26. The normalized spacial score (nSPS) is 22.2. The summed E-state index contributed by atoms with van der Waals surface area (Å²) in [6.07, 6.45) is 3.59. The second-order valence-corrected chi connectivity index (χ2v) is 6.01. The van der Waals surface area contributed by atoms with Crippen LogP contribution in [-0.4, -0.2) is 43.6 Å². The van der Waals surface area contributed by atoms with Crippen molar-refractivity contribution in [1.82, 2.24) is 4.90 Å². The van der Waals surface area contributed by atoms with Crippen molar-refractivity contribution in [3.8, 4) is 5.75 Å². The summed E-state index contributed by atoms with van der Waals surface area (Å²) in [5, 5.41) is 6.03. The Morgan fingerprint density at radius 1 is 1.32 bits per heavy atom. The minimum atomic E-state index is 0.0276. The van der Waals surface area contributed by atoms with Gasteiger partial charge in [-0.3, -0.25) is 9.69 Å². The number of rotatable bonds is 5. The van der Waals surface area contributed by atoms with Crippen LogP contribution in [0.2, 0.25) is 0 Å². The molecule has 0 aliphatic carbocycles. The van der Waals surface area contributed by atoms with Crippen molar-refractivity contribution in [3.05, 3.63) is 18.2 Å². The monoisotopic (exact) mass is 305 g/mol. The van der Waals surface area contributed by atoms with E-state index in [0.717, 1.165) is 17.1 Å². The predicted molar refractivity (Wildman–Crippen MR) is 90.7 cm³/mol. The van der Waals surface area contributed by atoms with E-state index in [2.05, 4.69) is 29.4 Å². The Balaban J connectivity index is 1.99. The van der Waals surface area contributed by atoms with Gasteiger partial charge in [0.2, 0.25) is 5.91 Å². The van der Waals surface area contributed by atoms with Crippen LogP contribution in [0.5, 0.6) is 5.75 Å². The van der Waals surface area contributed by atoms with Crippen molar-refractivity contribution in [3.63, 3.8) is 0 Å². The van der Waals surface area contributed by atoms with Crippen molar-refractivity contribution in [2.24, 2.45) is 0 Å². The molecule has 22 heavy (non-hydrogen) atoms. The third kappa shape index (κ3) is 3.91. The smallest absolute Gasteiger partial charge is 0.238 e. The highest BCUT2D eigenvalue weighted by molar-refractivity contribution is 5.92. The quantitative estimate of drug-likeness (QED) is 0.878. The van der Waals surface area contributed by atoms with E-state index in [4.69, 9.17) is 4.74 Å². The maximum atomic E-state index is 12.3. The molecule has 0 aromatic heterocycles. The molecular formula is C17H27N3O2. The summed E-state index contributed by atoms with van der Waals surface area (Å²) in [4.78, 5) is 14.6. The topological polar surface area (TPSA) is 53.6 Å². The second kappa shape index (κ2) is 7.49. The van der Waals surface area contributed by atoms with E-state index in [9.17, 15) is 4.79 Å². The van der Waals surface area contributed by atoms with Gasteiger partial charge in [0.25, 0.3) is 0 Å².